The quantitative estimate of drug-likeness (QED) is 0.922. The lowest BCUT2D eigenvalue weighted by atomic mass is 10.1. The first kappa shape index (κ1) is 10.9. The minimum absolute atomic E-state index is 0.149. The zero-order chi connectivity index (χ0) is 11.7. The maximum absolute atomic E-state index is 13.6. The van der Waals surface area contributed by atoms with E-state index < -0.39 is 5.82 Å². The Kier molecular flexibility index (Phi) is 2.82. The molecule has 0 fully saturated rings. The van der Waals surface area contributed by atoms with E-state index in [0.29, 0.717) is 15.8 Å². The van der Waals surface area contributed by atoms with Gasteiger partial charge in [-0.1, -0.05) is 5.16 Å². The van der Waals surface area contributed by atoms with E-state index in [0.717, 1.165) is 0 Å². The van der Waals surface area contributed by atoms with Crippen LogP contribution >= 0.6 is 15.9 Å². The molecule has 16 heavy (non-hydrogen) atoms. The Labute approximate surface area is 99.3 Å². The summed E-state index contributed by atoms with van der Waals surface area (Å²) >= 11 is 3.20. The van der Waals surface area contributed by atoms with Crippen molar-refractivity contribution < 1.29 is 13.7 Å². The van der Waals surface area contributed by atoms with Crippen LogP contribution in [0, 0.1) is 5.82 Å². The number of rotatable bonds is 2. The van der Waals surface area contributed by atoms with Gasteiger partial charge in [0, 0.05) is 11.6 Å². The first-order valence-corrected chi connectivity index (χ1v) is 5.16. The van der Waals surface area contributed by atoms with Gasteiger partial charge in [-0.05, 0) is 28.1 Å². The van der Waals surface area contributed by atoms with Gasteiger partial charge in [0.15, 0.2) is 23.1 Å². The zero-order valence-corrected chi connectivity index (χ0v) is 9.92. The number of anilines is 1. The topological polar surface area (TPSA) is 61.3 Å². The van der Waals surface area contributed by atoms with Gasteiger partial charge in [0.2, 0.25) is 0 Å². The smallest absolute Gasteiger partial charge is 0.169 e. The first-order valence-electron chi connectivity index (χ1n) is 4.37. The molecule has 84 valence electrons. The number of nitrogens with two attached hydrogens (primary N) is 1. The van der Waals surface area contributed by atoms with Crippen molar-refractivity contribution in [3.8, 4) is 17.1 Å². The van der Waals surface area contributed by atoms with Gasteiger partial charge in [-0.2, -0.15) is 0 Å². The predicted octanol–water partition coefficient (Wildman–Crippen LogP) is 2.83. The highest BCUT2D eigenvalue weighted by Crippen LogP contribution is 2.33. The average Bonchev–Trinajstić information content (AvgIpc) is 2.64. The number of methoxy groups -OCH3 is 1. The van der Waals surface area contributed by atoms with E-state index in [1.54, 1.807) is 6.07 Å². The van der Waals surface area contributed by atoms with E-state index in [9.17, 15) is 4.39 Å². The van der Waals surface area contributed by atoms with Crippen molar-refractivity contribution in [2.75, 3.05) is 12.8 Å². The van der Waals surface area contributed by atoms with Crippen LogP contribution in [0.2, 0.25) is 0 Å². The Morgan fingerprint density at radius 3 is 2.69 bits per heavy atom. The molecule has 2 aromatic rings. The van der Waals surface area contributed by atoms with Crippen LogP contribution in [0.4, 0.5) is 10.2 Å². The highest BCUT2D eigenvalue weighted by Gasteiger charge is 2.13. The second-order valence-electron chi connectivity index (χ2n) is 3.09. The molecule has 0 radical (unpaired) electrons. The largest absolute Gasteiger partial charge is 0.492 e. The van der Waals surface area contributed by atoms with Crippen LogP contribution in [0.15, 0.2) is 27.2 Å². The molecule has 1 aromatic heterocycles. The molecule has 1 heterocycles. The third-order valence-corrected chi connectivity index (χ3v) is 2.60. The first-order chi connectivity index (χ1) is 7.61. The summed E-state index contributed by atoms with van der Waals surface area (Å²) in [5.41, 5.74) is 5.95. The molecule has 0 spiro atoms. The molecule has 0 aliphatic carbocycles. The van der Waals surface area contributed by atoms with Gasteiger partial charge in [-0.25, -0.2) is 4.39 Å². The second-order valence-corrected chi connectivity index (χ2v) is 3.94. The fraction of sp³-hybridized carbons (Fsp3) is 0.100. The van der Waals surface area contributed by atoms with Crippen LogP contribution in [-0.4, -0.2) is 12.3 Å². The van der Waals surface area contributed by atoms with Crippen molar-refractivity contribution in [3.63, 3.8) is 0 Å². The lowest BCUT2D eigenvalue weighted by molar-refractivity contribution is 0.383. The van der Waals surface area contributed by atoms with Crippen LogP contribution in [0.5, 0.6) is 5.75 Å². The maximum atomic E-state index is 13.6. The van der Waals surface area contributed by atoms with Crippen LogP contribution in [0.3, 0.4) is 0 Å². The molecule has 0 atom stereocenters. The van der Waals surface area contributed by atoms with Gasteiger partial charge >= 0.3 is 0 Å². The van der Waals surface area contributed by atoms with Gasteiger partial charge in [0.1, 0.15) is 0 Å². The van der Waals surface area contributed by atoms with E-state index in [2.05, 4.69) is 21.1 Å². The number of nitrogens with zero attached hydrogens (tertiary/aromatic N) is 1. The number of nitrogen functional groups attached to an aromatic ring is 1. The molecule has 2 N–H and O–H groups in total. The number of benzene rings is 1. The van der Waals surface area contributed by atoms with Crippen molar-refractivity contribution in [1.82, 2.24) is 5.16 Å². The molecule has 0 saturated carbocycles. The summed E-state index contributed by atoms with van der Waals surface area (Å²) in [6.07, 6.45) is 0. The van der Waals surface area contributed by atoms with E-state index in [-0.39, 0.29) is 11.6 Å². The Balaban J connectivity index is 2.52. The van der Waals surface area contributed by atoms with Gasteiger partial charge in [0.05, 0.1) is 11.6 Å². The number of hydrogen-bond acceptors (Lipinski definition) is 4. The fourth-order valence-corrected chi connectivity index (χ4v) is 1.92. The van der Waals surface area contributed by atoms with E-state index in [1.807, 2.05) is 0 Å². The third-order valence-electron chi connectivity index (χ3n) is 2.02. The molecule has 6 heteroatoms. The molecule has 0 amide bonds. The standard InChI is InChI=1S/C10H8BrFN2O2/c1-15-10-6(11)2-5(3-7(10)12)8-4-9(13)14-16-8/h2-4H,1H3,(H2,13,14). The lowest BCUT2D eigenvalue weighted by Gasteiger charge is -2.05. The average molecular weight is 287 g/mol. The van der Waals surface area contributed by atoms with Crippen molar-refractivity contribution >= 4 is 21.7 Å². The molecular formula is C10H8BrFN2O2. The van der Waals surface area contributed by atoms with E-state index in [1.165, 1.54) is 19.2 Å². The highest BCUT2D eigenvalue weighted by atomic mass is 79.9. The Morgan fingerprint density at radius 1 is 1.44 bits per heavy atom. The van der Waals surface area contributed by atoms with Crippen molar-refractivity contribution in [3.05, 3.63) is 28.5 Å². The normalized spacial score (nSPS) is 10.4. The molecule has 0 aliphatic rings. The number of halogens is 2. The summed E-state index contributed by atoms with van der Waals surface area (Å²) < 4.78 is 23.9. The third kappa shape index (κ3) is 1.88. The molecule has 0 unspecified atom stereocenters. The maximum Gasteiger partial charge on any atom is 0.169 e. The molecule has 0 saturated heterocycles. The second kappa shape index (κ2) is 4.13. The SMILES string of the molecule is COc1c(F)cc(-c2cc(N)no2)cc1Br. The van der Waals surface area contributed by atoms with Gasteiger partial charge < -0.3 is 15.0 Å². The zero-order valence-electron chi connectivity index (χ0n) is 8.33. The monoisotopic (exact) mass is 286 g/mol. The summed E-state index contributed by atoms with van der Waals surface area (Å²) in [5.74, 6) is 0.320. The Bertz CT molecular complexity index is 504. The van der Waals surface area contributed by atoms with E-state index in [4.69, 9.17) is 15.0 Å². The number of ether oxygens (including phenoxy) is 1. The van der Waals surface area contributed by atoms with Gasteiger partial charge in [-0.15, -0.1) is 0 Å². The van der Waals surface area contributed by atoms with Crippen molar-refractivity contribution in [2.24, 2.45) is 0 Å². The van der Waals surface area contributed by atoms with Crippen molar-refractivity contribution in [2.45, 2.75) is 0 Å². The van der Waals surface area contributed by atoms with Crippen LogP contribution in [0.1, 0.15) is 0 Å². The molecule has 0 bridgehead atoms. The fourth-order valence-electron chi connectivity index (χ4n) is 1.32. The number of hydrogen-bond donors (Lipinski definition) is 1. The van der Waals surface area contributed by atoms with Crippen LogP contribution < -0.4 is 10.5 Å². The Hall–Kier alpha value is -1.56. The summed E-state index contributed by atoms with van der Waals surface area (Å²) in [7, 11) is 1.40. The van der Waals surface area contributed by atoms with E-state index >= 15 is 0 Å². The Morgan fingerprint density at radius 2 is 2.19 bits per heavy atom. The minimum Gasteiger partial charge on any atom is -0.492 e. The van der Waals surface area contributed by atoms with Crippen LogP contribution in [-0.2, 0) is 0 Å². The summed E-state index contributed by atoms with van der Waals surface area (Å²) in [6.45, 7) is 0. The van der Waals surface area contributed by atoms with Crippen molar-refractivity contribution in [1.29, 1.82) is 0 Å². The summed E-state index contributed by atoms with van der Waals surface area (Å²) in [6, 6.07) is 4.49. The lowest BCUT2D eigenvalue weighted by Crippen LogP contribution is -1.90. The molecule has 2 rings (SSSR count). The summed E-state index contributed by atoms with van der Waals surface area (Å²) in [5, 5.41) is 3.53. The molecule has 1 aromatic carbocycles. The predicted molar refractivity (Wildman–Crippen MR) is 60.6 cm³/mol. The number of aromatic nitrogens is 1. The summed E-state index contributed by atoms with van der Waals surface area (Å²) in [4.78, 5) is 0. The van der Waals surface area contributed by atoms with Gasteiger partial charge in [0.25, 0.3) is 0 Å². The highest BCUT2D eigenvalue weighted by molar-refractivity contribution is 9.10. The van der Waals surface area contributed by atoms with Crippen LogP contribution in [0.25, 0.3) is 11.3 Å². The molecular weight excluding hydrogens is 279 g/mol. The van der Waals surface area contributed by atoms with Gasteiger partial charge in [-0.3, -0.25) is 0 Å². The molecule has 0 aliphatic heterocycles. The minimum atomic E-state index is -0.484. The molecule has 4 nitrogen and oxygen atoms in total.